The first kappa shape index (κ1) is 19.4. The van der Waals surface area contributed by atoms with Crippen LogP contribution in [0, 0.1) is 18.6 Å². The second-order valence-corrected chi connectivity index (χ2v) is 8.19. The third-order valence-electron chi connectivity index (χ3n) is 6.31. The first-order valence-corrected chi connectivity index (χ1v) is 10.3. The Morgan fingerprint density at radius 2 is 1.83 bits per heavy atom. The van der Waals surface area contributed by atoms with Gasteiger partial charge in [-0.05, 0) is 50.3 Å². The number of halogens is 2. The topological polar surface area (TPSA) is 80.4 Å². The van der Waals surface area contributed by atoms with E-state index >= 15 is 0 Å². The number of aryl methyl sites for hydroxylation is 1. The largest absolute Gasteiger partial charge is 0.487 e. The van der Waals surface area contributed by atoms with Crippen molar-refractivity contribution in [2.75, 3.05) is 0 Å². The third kappa shape index (κ3) is 3.06. The van der Waals surface area contributed by atoms with E-state index in [4.69, 9.17) is 4.74 Å². The molecule has 0 bridgehead atoms. The number of aliphatic hydroxyl groups is 2. The van der Waals surface area contributed by atoms with Crippen LogP contribution in [-0.2, 0) is 12.8 Å². The molecule has 0 aliphatic heterocycles. The molecule has 30 heavy (non-hydrogen) atoms. The fourth-order valence-electron chi connectivity index (χ4n) is 4.75. The van der Waals surface area contributed by atoms with Crippen LogP contribution in [0.15, 0.2) is 24.5 Å². The van der Waals surface area contributed by atoms with Gasteiger partial charge in [-0.1, -0.05) is 0 Å². The van der Waals surface area contributed by atoms with Crippen molar-refractivity contribution in [1.82, 2.24) is 14.5 Å². The summed E-state index contributed by atoms with van der Waals surface area (Å²) in [5, 5.41) is 21.6. The zero-order valence-corrected chi connectivity index (χ0v) is 16.6. The van der Waals surface area contributed by atoms with Gasteiger partial charge in [0.25, 0.3) is 0 Å². The van der Waals surface area contributed by atoms with Crippen LogP contribution >= 0.6 is 0 Å². The van der Waals surface area contributed by atoms with E-state index < -0.39 is 30.2 Å². The molecule has 0 amide bonds. The lowest BCUT2D eigenvalue weighted by Gasteiger charge is -2.24. The second kappa shape index (κ2) is 7.28. The van der Waals surface area contributed by atoms with Crippen LogP contribution in [0.5, 0.6) is 5.75 Å². The summed E-state index contributed by atoms with van der Waals surface area (Å²) in [6, 6.07) is 2.37. The number of aliphatic hydroxyl groups excluding tert-OH is 2. The Kier molecular flexibility index (Phi) is 4.71. The van der Waals surface area contributed by atoms with Crippen LogP contribution < -0.4 is 4.74 Å². The first-order valence-electron chi connectivity index (χ1n) is 10.3. The van der Waals surface area contributed by atoms with Crippen molar-refractivity contribution in [3.8, 4) is 5.75 Å². The molecule has 3 aromatic rings. The molecule has 0 radical (unpaired) electrons. The number of nitrogens with zero attached hydrogens (tertiary/aromatic N) is 3. The molecule has 0 spiro atoms. The average molecular weight is 415 g/mol. The monoisotopic (exact) mass is 415 g/mol. The van der Waals surface area contributed by atoms with Crippen LogP contribution in [0.3, 0.4) is 0 Å². The quantitative estimate of drug-likeness (QED) is 0.688. The highest BCUT2D eigenvalue weighted by Crippen LogP contribution is 2.38. The second-order valence-electron chi connectivity index (χ2n) is 8.19. The van der Waals surface area contributed by atoms with Crippen molar-refractivity contribution >= 4 is 11.0 Å². The van der Waals surface area contributed by atoms with Gasteiger partial charge in [0.15, 0.2) is 5.82 Å². The van der Waals surface area contributed by atoms with Crippen LogP contribution in [0.25, 0.3) is 11.0 Å². The summed E-state index contributed by atoms with van der Waals surface area (Å²) < 4.78 is 36.2. The van der Waals surface area contributed by atoms with Gasteiger partial charge in [-0.2, -0.15) is 0 Å². The number of hydrogen-bond donors (Lipinski definition) is 2. The van der Waals surface area contributed by atoms with Crippen molar-refractivity contribution in [2.24, 2.45) is 0 Å². The number of benzene rings is 1. The van der Waals surface area contributed by atoms with Crippen LogP contribution in [0.1, 0.15) is 42.3 Å². The van der Waals surface area contributed by atoms with E-state index in [1.54, 1.807) is 17.6 Å². The van der Waals surface area contributed by atoms with E-state index in [9.17, 15) is 19.0 Å². The molecule has 0 unspecified atom stereocenters. The molecule has 4 atom stereocenters. The maximum Gasteiger partial charge on any atom is 0.151 e. The van der Waals surface area contributed by atoms with Gasteiger partial charge >= 0.3 is 0 Å². The number of hydrogen-bond acceptors (Lipinski definition) is 5. The molecule has 2 aliphatic rings. The minimum atomic E-state index is -1.16. The van der Waals surface area contributed by atoms with Gasteiger partial charge in [0.05, 0.1) is 11.4 Å². The maximum absolute atomic E-state index is 14.4. The highest BCUT2D eigenvalue weighted by molar-refractivity contribution is 5.76. The van der Waals surface area contributed by atoms with Gasteiger partial charge in [-0.15, -0.1) is 0 Å². The molecule has 158 valence electrons. The molecule has 2 N–H and O–H groups in total. The fourth-order valence-corrected chi connectivity index (χ4v) is 4.75. The summed E-state index contributed by atoms with van der Waals surface area (Å²) in [5.41, 5.74) is 1.89. The Hall–Kier alpha value is -2.58. The highest BCUT2D eigenvalue weighted by atomic mass is 19.1. The van der Waals surface area contributed by atoms with E-state index in [1.807, 2.05) is 0 Å². The average Bonchev–Trinajstić information content (AvgIpc) is 3.21. The predicted molar refractivity (Wildman–Crippen MR) is 105 cm³/mol. The molecule has 1 aromatic carbocycles. The van der Waals surface area contributed by atoms with E-state index in [-0.39, 0.29) is 17.6 Å². The molecular weight excluding hydrogens is 392 g/mol. The Labute approximate surface area is 172 Å². The van der Waals surface area contributed by atoms with Crippen molar-refractivity contribution in [2.45, 2.75) is 63.4 Å². The minimum absolute atomic E-state index is 0.230. The van der Waals surface area contributed by atoms with Gasteiger partial charge < -0.3 is 19.5 Å². The Balaban J connectivity index is 1.46. The predicted octanol–water partition coefficient (Wildman–Crippen LogP) is 3.01. The number of aromatic nitrogens is 3. The van der Waals surface area contributed by atoms with Gasteiger partial charge in [0.1, 0.15) is 41.4 Å². The highest BCUT2D eigenvalue weighted by Gasteiger charge is 2.45. The third-order valence-corrected chi connectivity index (χ3v) is 6.31. The molecule has 6 nitrogen and oxygen atoms in total. The minimum Gasteiger partial charge on any atom is -0.487 e. The zero-order valence-electron chi connectivity index (χ0n) is 16.6. The van der Waals surface area contributed by atoms with E-state index in [1.165, 1.54) is 18.5 Å². The molecule has 2 aromatic heterocycles. The lowest BCUT2D eigenvalue weighted by molar-refractivity contribution is -0.0166. The molecule has 2 aliphatic carbocycles. The standard InChI is InChI=1S/C22H23F2N3O3/c1-11-25-9-14-16(24)10-27(22(14)26-11)17-8-19(21(29)20(17)28)30-18-7-6-15(23)12-4-2-3-5-13(12)18/h6-7,9-10,17,19-21,28-29H,2-5,8H2,1H3/t17-,19+,20+,21-/m1/s1. The number of ether oxygens (including phenoxy) is 1. The lowest BCUT2D eigenvalue weighted by atomic mass is 9.90. The van der Waals surface area contributed by atoms with Gasteiger partial charge in [-0.25, -0.2) is 18.7 Å². The van der Waals surface area contributed by atoms with Crippen LogP contribution in [0.4, 0.5) is 8.78 Å². The molecule has 0 saturated heterocycles. The summed E-state index contributed by atoms with van der Waals surface area (Å²) in [4.78, 5) is 8.34. The maximum atomic E-state index is 14.4. The van der Waals surface area contributed by atoms with Crippen molar-refractivity contribution in [1.29, 1.82) is 0 Å². The summed E-state index contributed by atoms with van der Waals surface area (Å²) in [6.07, 6.45) is 3.23. The SMILES string of the molecule is Cc1ncc2c(F)cn([C@@H]3C[C@H](Oc4ccc(F)c5c4CCCC5)[C@@H](O)[C@H]3O)c2n1. The fraction of sp³-hybridized carbons (Fsp3) is 0.455. The zero-order chi connectivity index (χ0) is 21.0. The Morgan fingerprint density at radius 1 is 1.07 bits per heavy atom. The van der Waals surface area contributed by atoms with Crippen molar-refractivity contribution in [3.63, 3.8) is 0 Å². The van der Waals surface area contributed by atoms with Crippen LogP contribution in [-0.4, -0.2) is 43.1 Å². The van der Waals surface area contributed by atoms with Crippen molar-refractivity contribution in [3.05, 3.63) is 53.1 Å². The van der Waals surface area contributed by atoms with Gasteiger partial charge in [-0.3, -0.25) is 0 Å². The Morgan fingerprint density at radius 3 is 2.63 bits per heavy atom. The molecule has 1 fully saturated rings. The van der Waals surface area contributed by atoms with Gasteiger partial charge in [0, 0.05) is 24.4 Å². The smallest absolute Gasteiger partial charge is 0.151 e. The number of fused-ring (bicyclic) bond motifs is 2. The summed E-state index contributed by atoms with van der Waals surface area (Å²) in [7, 11) is 0. The van der Waals surface area contributed by atoms with Crippen LogP contribution in [0.2, 0.25) is 0 Å². The first-order chi connectivity index (χ1) is 14.4. The van der Waals surface area contributed by atoms with E-state index in [0.29, 0.717) is 29.2 Å². The molecular formula is C22H23F2N3O3. The van der Waals surface area contributed by atoms with E-state index in [2.05, 4.69) is 9.97 Å². The van der Waals surface area contributed by atoms with Gasteiger partial charge in [0.2, 0.25) is 0 Å². The number of rotatable bonds is 3. The molecule has 5 rings (SSSR count). The van der Waals surface area contributed by atoms with Crippen molar-refractivity contribution < 1.29 is 23.7 Å². The summed E-state index contributed by atoms with van der Waals surface area (Å²) in [6.45, 7) is 1.71. The molecule has 1 saturated carbocycles. The summed E-state index contributed by atoms with van der Waals surface area (Å²) >= 11 is 0. The Bertz CT molecular complexity index is 1120. The molecule has 2 heterocycles. The lowest BCUT2D eigenvalue weighted by Crippen LogP contribution is -2.34. The normalized spacial score (nSPS) is 26.2. The summed E-state index contributed by atoms with van der Waals surface area (Å²) in [5.74, 6) is 0.320. The molecule has 8 heteroatoms. The van der Waals surface area contributed by atoms with E-state index in [0.717, 1.165) is 24.8 Å².